The van der Waals surface area contributed by atoms with E-state index < -0.39 is 0 Å². The van der Waals surface area contributed by atoms with Gasteiger partial charge in [0.2, 0.25) is 5.95 Å². The second-order valence-electron chi connectivity index (χ2n) is 3.67. The summed E-state index contributed by atoms with van der Waals surface area (Å²) in [5.74, 6) is 1.19. The molecule has 0 amide bonds. The molecule has 2 N–H and O–H groups in total. The lowest BCUT2D eigenvalue weighted by molar-refractivity contribution is 0.944. The van der Waals surface area contributed by atoms with Crippen LogP contribution in [0.3, 0.4) is 0 Å². The normalized spacial score (nSPS) is 9.78. The van der Waals surface area contributed by atoms with E-state index in [1.807, 2.05) is 30.3 Å². The first kappa shape index (κ1) is 12.0. The minimum Gasteiger partial charge on any atom is -0.365 e. The Morgan fingerprint density at radius 2 is 2.00 bits per heavy atom. The number of anilines is 2. The fraction of sp³-hybridized carbons (Fsp3) is 0.154. The van der Waals surface area contributed by atoms with Gasteiger partial charge in [-0.05, 0) is 5.56 Å². The molecule has 0 aliphatic carbocycles. The lowest BCUT2D eigenvalue weighted by atomic mass is 10.2. The van der Waals surface area contributed by atoms with Gasteiger partial charge in [-0.1, -0.05) is 36.4 Å². The first-order chi connectivity index (χ1) is 8.88. The predicted octanol–water partition coefficient (Wildman–Crippen LogP) is 2.08. The molecule has 0 saturated heterocycles. The number of hydrogen-bond acceptors (Lipinski definition) is 5. The van der Waals surface area contributed by atoms with Crippen molar-refractivity contribution in [2.45, 2.75) is 6.54 Å². The van der Waals surface area contributed by atoms with Crippen LogP contribution < -0.4 is 10.6 Å². The average Bonchev–Trinajstić information content (AvgIpc) is 2.44. The van der Waals surface area contributed by atoms with Gasteiger partial charge >= 0.3 is 0 Å². The molecule has 2 rings (SSSR count). The van der Waals surface area contributed by atoms with Gasteiger partial charge in [0.1, 0.15) is 0 Å². The molecule has 0 atom stereocenters. The molecule has 0 fully saturated rings. The molecular formula is C13H15N5. The zero-order valence-corrected chi connectivity index (χ0v) is 10.0. The van der Waals surface area contributed by atoms with Crippen LogP contribution in [0.15, 0.2) is 49.2 Å². The number of nitrogens with zero attached hydrogens (tertiary/aromatic N) is 3. The lowest BCUT2D eigenvalue weighted by Crippen LogP contribution is -2.07. The van der Waals surface area contributed by atoms with Crippen LogP contribution in [0.2, 0.25) is 0 Å². The summed E-state index contributed by atoms with van der Waals surface area (Å²) in [6.07, 6.45) is 3.34. The molecule has 0 spiro atoms. The van der Waals surface area contributed by atoms with Gasteiger partial charge in [0.05, 0.1) is 6.20 Å². The van der Waals surface area contributed by atoms with Crippen molar-refractivity contribution in [1.82, 2.24) is 15.2 Å². The van der Waals surface area contributed by atoms with Crippen molar-refractivity contribution < 1.29 is 0 Å². The highest BCUT2D eigenvalue weighted by molar-refractivity contribution is 5.37. The van der Waals surface area contributed by atoms with Crippen LogP contribution in [0.1, 0.15) is 5.56 Å². The van der Waals surface area contributed by atoms with E-state index in [9.17, 15) is 0 Å². The summed E-state index contributed by atoms with van der Waals surface area (Å²) in [5.41, 5.74) is 1.17. The second kappa shape index (κ2) is 6.34. The zero-order chi connectivity index (χ0) is 12.6. The Morgan fingerprint density at radius 3 is 2.78 bits per heavy atom. The summed E-state index contributed by atoms with van der Waals surface area (Å²) in [7, 11) is 0. The van der Waals surface area contributed by atoms with Crippen LogP contribution in [-0.4, -0.2) is 21.7 Å². The minimum atomic E-state index is 0.507. The van der Waals surface area contributed by atoms with Crippen molar-refractivity contribution in [2.24, 2.45) is 0 Å². The maximum Gasteiger partial charge on any atom is 0.244 e. The fourth-order valence-corrected chi connectivity index (χ4v) is 1.42. The zero-order valence-electron chi connectivity index (χ0n) is 10.0. The largest absolute Gasteiger partial charge is 0.365 e. The Hall–Kier alpha value is -2.43. The average molecular weight is 241 g/mol. The number of benzene rings is 1. The third-order valence-electron chi connectivity index (χ3n) is 2.28. The van der Waals surface area contributed by atoms with Gasteiger partial charge in [0.15, 0.2) is 5.82 Å². The molecule has 0 aliphatic rings. The first-order valence-corrected chi connectivity index (χ1v) is 5.71. The topological polar surface area (TPSA) is 62.7 Å². The number of hydrogen-bond donors (Lipinski definition) is 2. The Bertz CT molecular complexity index is 498. The van der Waals surface area contributed by atoms with Crippen molar-refractivity contribution in [3.05, 3.63) is 54.7 Å². The van der Waals surface area contributed by atoms with Crippen LogP contribution >= 0.6 is 0 Å². The van der Waals surface area contributed by atoms with E-state index in [-0.39, 0.29) is 0 Å². The Kier molecular flexibility index (Phi) is 4.24. The molecule has 0 radical (unpaired) electrons. The van der Waals surface area contributed by atoms with E-state index in [0.717, 1.165) is 0 Å². The monoisotopic (exact) mass is 241 g/mol. The molecule has 0 unspecified atom stereocenters. The highest BCUT2D eigenvalue weighted by atomic mass is 15.3. The summed E-state index contributed by atoms with van der Waals surface area (Å²) in [4.78, 5) is 4.28. The summed E-state index contributed by atoms with van der Waals surface area (Å²) >= 11 is 0. The molecule has 1 heterocycles. The summed E-state index contributed by atoms with van der Waals surface area (Å²) in [5, 5.41) is 14.0. The molecule has 5 heteroatoms. The van der Waals surface area contributed by atoms with Crippen molar-refractivity contribution in [1.29, 1.82) is 0 Å². The van der Waals surface area contributed by atoms with Crippen LogP contribution in [0.5, 0.6) is 0 Å². The quantitative estimate of drug-likeness (QED) is 0.758. The van der Waals surface area contributed by atoms with E-state index in [2.05, 4.69) is 32.4 Å². The molecule has 0 saturated carbocycles. The van der Waals surface area contributed by atoms with E-state index in [1.54, 1.807) is 12.3 Å². The van der Waals surface area contributed by atoms with Gasteiger partial charge < -0.3 is 10.6 Å². The van der Waals surface area contributed by atoms with Crippen molar-refractivity contribution in [3.63, 3.8) is 0 Å². The van der Waals surface area contributed by atoms with Gasteiger partial charge in [-0.15, -0.1) is 11.7 Å². The molecule has 1 aromatic heterocycles. The van der Waals surface area contributed by atoms with E-state index >= 15 is 0 Å². The van der Waals surface area contributed by atoms with Crippen LogP contribution in [0.25, 0.3) is 0 Å². The minimum absolute atomic E-state index is 0.507. The van der Waals surface area contributed by atoms with Crippen molar-refractivity contribution in [2.75, 3.05) is 17.2 Å². The van der Waals surface area contributed by atoms with Gasteiger partial charge in [-0.25, -0.2) is 0 Å². The molecule has 0 bridgehead atoms. The molecule has 1 aromatic carbocycles. The molecular weight excluding hydrogens is 226 g/mol. The molecule has 18 heavy (non-hydrogen) atoms. The Balaban J connectivity index is 1.95. The highest BCUT2D eigenvalue weighted by Gasteiger charge is 1.99. The molecule has 92 valence electrons. The van der Waals surface area contributed by atoms with E-state index in [4.69, 9.17) is 0 Å². The molecule has 0 aliphatic heterocycles. The maximum atomic E-state index is 4.28. The Labute approximate surface area is 106 Å². The molecule has 5 nitrogen and oxygen atoms in total. The third-order valence-corrected chi connectivity index (χ3v) is 2.28. The Morgan fingerprint density at radius 1 is 1.17 bits per heavy atom. The van der Waals surface area contributed by atoms with Crippen LogP contribution in [0, 0.1) is 0 Å². The summed E-state index contributed by atoms with van der Waals surface area (Å²) in [6, 6.07) is 10.1. The van der Waals surface area contributed by atoms with E-state index in [1.165, 1.54) is 5.56 Å². The lowest BCUT2D eigenvalue weighted by Gasteiger charge is -2.06. The SMILES string of the molecule is C=CCNc1cnnc(NCc2ccccc2)n1. The third kappa shape index (κ3) is 3.55. The summed E-state index contributed by atoms with van der Waals surface area (Å²) < 4.78 is 0. The van der Waals surface area contributed by atoms with E-state index in [0.29, 0.717) is 24.9 Å². The number of rotatable bonds is 6. The second-order valence-corrected chi connectivity index (χ2v) is 3.67. The molecule has 2 aromatic rings. The van der Waals surface area contributed by atoms with Gasteiger partial charge in [-0.3, -0.25) is 0 Å². The van der Waals surface area contributed by atoms with Crippen LogP contribution in [0.4, 0.5) is 11.8 Å². The standard InChI is InChI=1S/C13H15N5/c1-2-8-14-12-10-16-18-13(17-12)15-9-11-6-4-3-5-7-11/h2-7,10H,1,8-9H2,(H2,14,15,17,18). The first-order valence-electron chi connectivity index (χ1n) is 5.71. The van der Waals surface area contributed by atoms with Gasteiger partial charge in [-0.2, -0.15) is 10.1 Å². The van der Waals surface area contributed by atoms with Gasteiger partial charge in [0.25, 0.3) is 0 Å². The van der Waals surface area contributed by atoms with Crippen LogP contribution in [-0.2, 0) is 6.54 Å². The predicted molar refractivity (Wildman–Crippen MR) is 72.3 cm³/mol. The van der Waals surface area contributed by atoms with Gasteiger partial charge in [0, 0.05) is 13.1 Å². The summed E-state index contributed by atoms with van der Waals surface area (Å²) in [6.45, 7) is 4.96. The fourth-order valence-electron chi connectivity index (χ4n) is 1.42. The highest BCUT2D eigenvalue weighted by Crippen LogP contribution is 2.05. The van der Waals surface area contributed by atoms with Crippen molar-refractivity contribution >= 4 is 11.8 Å². The maximum absolute atomic E-state index is 4.28. The van der Waals surface area contributed by atoms with Crippen molar-refractivity contribution in [3.8, 4) is 0 Å². The smallest absolute Gasteiger partial charge is 0.244 e. The number of aromatic nitrogens is 3. The number of nitrogens with one attached hydrogen (secondary N) is 2.